The van der Waals surface area contributed by atoms with Crippen molar-refractivity contribution in [3.63, 3.8) is 0 Å². The smallest absolute Gasteiger partial charge is 0.123 e. The molecule has 1 atom stereocenters. The number of likely N-dealkylation sites (N-methyl/N-ethyl adjacent to an activating group) is 1. The largest absolute Gasteiger partial charge is 0.329 e. The molecule has 0 saturated heterocycles. The van der Waals surface area contributed by atoms with Gasteiger partial charge in [-0.25, -0.2) is 4.39 Å². The number of pyridine rings is 1. The number of hydrogen-bond donors (Lipinski definition) is 1. The number of halogens is 2. The van der Waals surface area contributed by atoms with Crippen LogP contribution in [0.15, 0.2) is 47.1 Å². The Kier molecular flexibility index (Phi) is 5.85. The average Bonchev–Trinajstić information content (AvgIpc) is 2.50. The van der Waals surface area contributed by atoms with E-state index in [1.807, 2.05) is 25.2 Å². The van der Waals surface area contributed by atoms with E-state index in [4.69, 9.17) is 5.73 Å². The standard InChI is InChI=1S/C16H19BrFN3/c1-21(9-7-13-4-2-3-8-20-13)16(11-19)14-10-12(18)5-6-15(14)17/h2-6,8,10,16H,7,9,11,19H2,1H3. The normalized spacial score (nSPS) is 12.6. The van der Waals surface area contributed by atoms with Gasteiger partial charge in [0, 0.05) is 41.9 Å². The van der Waals surface area contributed by atoms with Crippen LogP contribution < -0.4 is 5.73 Å². The molecular formula is C16H19BrFN3. The second kappa shape index (κ2) is 7.64. The molecule has 0 amide bonds. The molecule has 1 aromatic heterocycles. The molecule has 112 valence electrons. The predicted octanol–water partition coefficient (Wildman–Crippen LogP) is 3.16. The molecule has 0 fully saturated rings. The molecule has 2 aromatic rings. The van der Waals surface area contributed by atoms with E-state index in [0.717, 1.165) is 28.7 Å². The molecule has 21 heavy (non-hydrogen) atoms. The molecule has 1 heterocycles. The fraction of sp³-hybridized carbons (Fsp3) is 0.312. The van der Waals surface area contributed by atoms with Gasteiger partial charge in [-0.15, -0.1) is 0 Å². The summed E-state index contributed by atoms with van der Waals surface area (Å²) in [4.78, 5) is 6.45. The highest BCUT2D eigenvalue weighted by Gasteiger charge is 2.18. The van der Waals surface area contributed by atoms with E-state index in [1.54, 1.807) is 18.3 Å². The second-order valence-electron chi connectivity index (χ2n) is 4.97. The van der Waals surface area contributed by atoms with Crippen LogP contribution in [-0.4, -0.2) is 30.0 Å². The van der Waals surface area contributed by atoms with Gasteiger partial charge in [0.1, 0.15) is 5.82 Å². The third-order valence-electron chi connectivity index (χ3n) is 3.52. The molecule has 0 spiro atoms. The number of aromatic nitrogens is 1. The summed E-state index contributed by atoms with van der Waals surface area (Å²) in [5.74, 6) is -0.246. The summed E-state index contributed by atoms with van der Waals surface area (Å²) in [6.45, 7) is 1.24. The Morgan fingerprint density at radius 2 is 2.14 bits per heavy atom. The summed E-state index contributed by atoms with van der Waals surface area (Å²) < 4.78 is 14.3. The Balaban J connectivity index is 2.08. The third-order valence-corrected chi connectivity index (χ3v) is 4.24. The minimum absolute atomic E-state index is 0.0289. The Labute approximate surface area is 133 Å². The van der Waals surface area contributed by atoms with Crippen molar-refractivity contribution in [3.8, 4) is 0 Å². The van der Waals surface area contributed by atoms with Gasteiger partial charge in [-0.3, -0.25) is 9.88 Å². The zero-order valence-electron chi connectivity index (χ0n) is 12.0. The highest BCUT2D eigenvalue weighted by molar-refractivity contribution is 9.10. The van der Waals surface area contributed by atoms with Gasteiger partial charge in [-0.05, 0) is 42.9 Å². The Morgan fingerprint density at radius 3 is 2.81 bits per heavy atom. The van der Waals surface area contributed by atoms with E-state index in [-0.39, 0.29) is 11.9 Å². The summed E-state index contributed by atoms with van der Waals surface area (Å²) in [7, 11) is 2.00. The summed E-state index contributed by atoms with van der Waals surface area (Å²) >= 11 is 3.47. The van der Waals surface area contributed by atoms with Gasteiger partial charge in [0.2, 0.25) is 0 Å². The molecular weight excluding hydrogens is 333 g/mol. The number of nitrogens with two attached hydrogens (primary N) is 1. The maximum Gasteiger partial charge on any atom is 0.123 e. The van der Waals surface area contributed by atoms with Crippen LogP contribution in [0.3, 0.4) is 0 Å². The van der Waals surface area contributed by atoms with E-state index < -0.39 is 0 Å². The Bertz CT molecular complexity index is 577. The summed E-state index contributed by atoms with van der Waals surface area (Å²) in [6, 6.07) is 10.6. The van der Waals surface area contributed by atoms with Crippen molar-refractivity contribution in [2.24, 2.45) is 5.73 Å². The van der Waals surface area contributed by atoms with E-state index in [1.165, 1.54) is 6.07 Å². The van der Waals surface area contributed by atoms with E-state index in [2.05, 4.69) is 25.8 Å². The van der Waals surface area contributed by atoms with Crippen molar-refractivity contribution < 1.29 is 4.39 Å². The van der Waals surface area contributed by atoms with Gasteiger partial charge in [0.25, 0.3) is 0 Å². The zero-order valence-corrected chi connectivity index (χ0v) is 13.6. The van der Waals surface area contributed by atoms with E-state index in [0.29, 0.717) is 6.54 Å². The van der Waals surface area contributed by atoms with Crippen LogP contribution >= 0.6 is 15.9 Å². The van der Waals surface area contributed by atoms with Crippen LogP contribution in [0.2, 0.25) is 0 Å². The first-order valence-electron chi connectivity index (χ1n) is 6.87. The number of hydrogen-bond acceptors (Lipinski definition) is 3. The van der Waals surface area contributed by atoms with Crippen molar-refractivity contribution in [1.82, 2.24) is 9.88 Å². The molecule has 1 aromatic carbocycles. The van der Waals surface area contributed by atoms with Crippen molar-refractivity contribution in [1.29, 1.82) is 0 Å². The molecule has 2 rings (SSSR count). The molecule has 0 aliphatic rings. The third kappa shape index (κ3) is 4.33. The number of benzene rings is 1. The molecule has 0 saturated carbocycles. The van der Waals surface area contributed by atoms with Crippen LogP contribution in [0.4, 0.5) is 4.39 Å². The van der Waals surface area contributed by atoms with Gasteiger partial charge < -0.3 is 5.73 Å². The monoisotopic (exact) mass is 351 g/mol. The lowest BCUT2D eigenvalue weighted by molar-refractivity contribution is 0.251. The lowest BCUT2D eigenvalue weighted by atomic mass is 10.1. The molecule has 1 unspecified atom stereocenters. The minimum atomic E-state index is -0.246. The van der Waals surface area contributed by atoms with E-state index >= 15 is 0 Å². The first kappa shape index (κ1) is 16.1. The predicted molar refractivity (Wildman–Crippen MR) is 86.5 cm³/mol. The lowest BCUT2D eigenvalue weighted by Crippen LogP contribution is -2.32. The SMILES string of the molecule is CN(CCc1ccccn1)C(CN)c1cc(F)ccc1Br. The second-order valence-corrected chi connectivity index (χ2v) is 5.82. The molecule has 3 nitrogen and oxygen atoms in total. The van der Waals surface area contributed by atoms with E-state index in [9.17, 15) is 4.39 Å². The van der Waals surface area contributed by atoms with Gasteiger partial charge in [0.05, 0.1) is 0 Å². The summed E-state index contributed by atoms with van der Waals surface area (Å²) in [5.41, 5.74) is 7.81. The maximum absolute atomic E-state index is 13.5. The highest BCUT2D eigenvalue weighted by atomic mass is 79.9. The van der Waals surface area contributed by atoms with Crippen LogP contribution in [-0.2, 0) is 6.42 Å². The van der Waals surface area contributed by atoms with Crippen LogP contribution in [0.25, 0.3) is 0 Å². The van der Waals surface area contributed by atoms with Crippen LogP contribution in [0.1, 0.15) is 17.3 Å². The lowest BCUT2D eigenvalue weighted by Gasteiger charge is -2.28. The Morgan fingerprint density at radius 1 is 1.33 bits per heavy atom. The number of nitrogens with zero attached hydrogens (tertiary/aromatic N) is 2. The van der Waals surface area contributed by atoms with Crippen molar-refractivity contribution in [2.45, 2.75) is 12.5 Å². The summed E-state index contributed by atoms with van der Waals surface area (Å²) in [6.07, 6.45) is 2.62. The van der Waals surface area contributed by atoms with Gasteiger partial charge in [-0.2, -0.15) is 0 Å². The average molecular weight is 352 g/mol. The first-order chi connectivity index (χ1) is 10.1. The molecule has 2 N–H and O–H groups in total. The fourth-order valence-electron chi connectivity index (χ4n) is 2.31. The van der Waals surface area contributed by atoms with Crippen LogP contribution in [0.5, 0.6) is 0 Å². The molecule has 0 radical (unpaired) electrons. The van der Waals surface area contributed by atoms with Gasteiger partial charge >= 0.3 is 0 Å². The topological polar surface area (TPSA) is 42.2 Å². The molecule has 5 heteroatoms. The zero-order chi connectivity index (χ0) is 15.2. The fourth-order valence-corrected chi connectivity index (χ4v) is 2.82. The van der Waals surface area contributed by atoms with Crippen molar-refractivity contribution in [2.75, 3.05) is 20.1 Å². The van der Waals surface area contributed by atoms with Gasteiger partial charge in [-0.1, -0.05) is 22.0 Å². The molecule has 0 bridgehead atoms. The number of rotatable bonds is 6. The summed E-state index contributed by atoms with van der Waals surface area (Å²) in [5, 5.41) is 0. The first-order valence-corrected chi connectivity index (χ1v) is 7.66. The van der Waals surface area contributed by atoms with Crippen LogP contribution in [0, 0.1) is 5.82 Å². The maximum atomic E-state index is 13.5. The highest BCUT2D eigenvalue weighted by Crippen LogP contribution is 2.27. The molecule has 0 aliphatic carbocycles. The van der Waals surface area contributed by atoms with Gasteiger partial charge in [0.15, 0.2) is 0 Å². The van der Waals surface area contributed by atoms with Crippen molar-refractivity contribution >= 4 is 15.9 Å². The minimum Gasteiger partial charge on any atom is -0.329 e. The quantitative estimate of drug-likeness (QED) is 0.869. The Hall–Kier alpha value is -1.30. The van der Waals surface area contributed by atoms with Crippen molar-refractivity contribution in [3.05, 3.63) is 64.1 Å². The molecule has 0 aliphatic heterocycles.